The van der Waals surface area contributed by atoms with Gasteiger partial charge in [-0.3, -0.25) is 19.6 Å². The van der Waals surface area contributed by atoms with Gasteiger partial charge < -0.3 is 10.2 Å². The molecule has 0 unspecified atom stereocenters. The Morgan fingerprint density at radius 1 is 0.973 bits per heavy atom. The molecule has 1 aliphatic rings. The minimum Gasteiger partial charge on any atom is -0.324 e. The highest BCUT2D eigenvalue weighted by molar-refractivity contribution is 6.06. The fourth-order valence-electron chi connectivity index (χ4n) is 4.32. The van der Waals surface area contributed by atoms with Gasteiger partial charge in [0, 0.05) is 67.3 Å². The highest BCUT2D eigenvalue weighted by atomic mass is 16.2. The first-order valence-corrected chi connectivity index (χ1v) is 12.5. The first kappa shape index (κ1) is 24.5. The van der Waals surface area contributed by atoms with Gasteiger partial charge in [-0.05, 0) is 62.0 Å². The molecule has 0 radical (unpaired) electrons. The molecule has 3 heterocycles. The van der Waals surface area contributed by atoms with Gasteiger partial charge in [-0.1, -0.05) is 24.3 Å². The third-order valence-electron chi connectivity index (χ3n) is 6.60. The molecule has 5 rings (SSSR count). The van der Waals surface area contributed by atoms with Crippen LogP contribution in [-0.4, -0.2) is 70.6 Å². The van der Waals surface area contributed by atoms with Gasteiger partial charge in [-0.25, -0.2) is 9.97 Å². The number of likely N-dealkylation sites (N-methyl/N-ethyl adjacent to an activating group) is 1. The Morgan fingerprint density at radius 3 is 2.54 bits per heavy atom. The molecule has 8 heteroatoms. The molecule has 0 spiro atoms. The van der Waals surface area contributed by atoms with Gasteiger partial charge in [-0.2, -0.15) is 0 Å². The summed E-state index contributed by atoms with van der Waals surface area (Å²) in [5.74, 6) is 0.464. The van der Waals surface area contributed by atoms with Crippen molar-refractivity contribution in [3.63, 3.8) is 0 Å². The Bertz CT molecular complexity index is 1340. The minimum atomic E-state index is -0.0239. The van der Waals surface area contributed by atoms with E-state index in [4.69, 9.17) is 0 Å². The third-order valence-corrected chi connectivity index (χ3v) is 6.60. The SMILES string of the molecule is Cc1ccc(N(CN2CCN(C)CC2)C(=O)c2ccccc2)cc1Nc1nccc(-c2cccnc2)n1. The topological polar surface area (TPSA) is 77.5 Å². The fraction of sp³-hybridized carbons (Fsp3) is 0.241. The number of pyridine rings is 1. The number of nitrogens with zero attached hydrogens (tertiary/aromatic N) is 6. The summed E-state index contributed by atoms with van der Waals surface area (Å²) in [5.41, 5.74) is 5.08. The van der Waals surface area contributed by atoms with E-state index in [0.29, 0.717) is 18.2 Å². The van der Waals surface area contributed by atoms with Crippen LogP contribution in [0, 0.1) is 6.92 Å². The van der Waals surface area contributed by atoms with Crippen molar-refractivity contribution >= 4 is 23.2 Å². The van der Waals surface area contributed by atoms with Gasteiger partial charge in [-0.15, -0.1) is 0 Å². The van der Waals surface area contributed by atoms with Crippen LogP contribution in [0.1, 0.15) is 15.9 Å². The number of carbonyl (C=O) groups excluding carboxylic acids is 1. The van der Waals surface area contributed by atoms with Gasteiger partial charge in [0.2, 0.25) is 5.95 Å². The number of hydrogen-bond acceptors (Lipinski definition) is 7. The maximum absolute atomic E-state index is 13.7. The number of nitrogens with one attached hydrogen (secondary N) is 1. The molecule has 1 amide bonds. The number of hydrogen-bond donors (Lipinski definition) is 1. The molecule has 2 aromatic carbocycles. The Morgan fingerprint density at radius 2 is 1.78 bits per heavy atom. The Hall–Kier alpha value is -4.14. The van der Waals surface area contributed by atoms with Crippen molar-refractivity contribution in [3.05, 3.63) is 96.4 Å². The maximum atomic E-state index is 13.7. The quantitative estimate of drug-likeness (QED) is 0.408. The maximum Gasteiger partial charge on any atom is 0.259 e. The van der Waals surface area contributed by atoms with Crippen LogP contribution in [0.5, 0.6) is 0 Å². The first-order chi connectivity index (χ1) is 18.1. The number of amides is 1. The fourth-order valence-corrected chi connectivity index (χ4v) is 4.32. The van der Waals surface area contributed by atoms with Gasteiger partial charge in [0.25, 0.3) is 5.91 Å². The van der Waals surface area contributed by atoms with Crippen molar-refractivity contribution < 1.29 is 4.79 Å². The van der Waals surface area contributed by atoms with Crippen LogP contribution in [0.2, 0.25) is 0 Å². The lowest BCUT2D eigenvalue weighted by Crippen LogP contribution is -2.50. The summed E-state index contributed by atoms with van der Waals surface area (Å²) in [6.07, 6.45) is 5.25. The number of piperazine rings is 1. The molecule has 0 aliphatic carbocycles. The molecule has 8 nitrogen and oxygen atoms in total. The van der Waals surface area contributed by atoms with E-state index >= 15 is 0 Å². The first-order valence-electron chi connectivity index (χ1n) is 12.5. The molecule has 0 atom stereocenters. The Balaban J connectivity index is 1.44. The highest BCUT2D eigenvalue weighted by Crippen LogP contribution is 2.28. The zero-order valence-corrected chi connectivity index (χ0v) is 21.2. The molecule has 1 N–H and O–H groups in total. The predicted molar refractivity (Wildman–Crippen MR) is 147 cm³/mol. The van der Waals surface area contributed by atoms with Crippen LogP contribution >= 0.6 is 0 Å². The van der Waals surface area contributed by atoms with Crippen LogP contribution in [0.3, 0.4) is 0 Å². The van der Waals surface area contributed by atoms with Crippen LogP contribution in [0.15, 0.2) is 85.3 Å². The van der Waals surface area contributed by atoms with Gasteiger partial charge in [0.1, 0.15) is 0 Å². The second-order valence-electron chi connectivity index (χ2n) is 9.29. The molecule has 1 aliphatic heterocycles. The molecule has 1 fully saturated rings. The van der Waals surface area contributed by atoms with Crippen LogP contribution in [-0.2, 0) is 0 Å². The zero-order valence-electron chi connectivity index (χ0n) is 21.2. The van der Waals surface area contributed by atoms with E-state index in [1.54, 1.807) is 18.6 Å². The molecule has 0 bridgehead atoms. The second kappa shape index (κ2) is 11.3. The highest BCUT2D eigenvalue weighted by Gasteiger charge is 2.23. The smallest absolute Gasteiger partial charge is 0.259 e. The monoisotopic (exact) mass is 493 g/mol. The predicted octanol–water partition coefficient (Wildman–Crippen LogP) is 4.44. The Kier molecular flexibility index (Phi) is 7.49. The van der Waals surface area contributed by atoms with E-state index in [1.807, 2.05) is 78.6 Å². The number of rotatable bonds is 7. The van der Waals surface area contributed by atoms with Crippen molar-refractivity contribution in [2.24, 2.45) is 0 Å². The zero-order chi connectivity index (χ0) is 25.6. The lowest BCUT2D eigenvalue weighted by Gasteiger charge is -2.36. The average Bonchev–Trinajstić information content (AvgIpc) is 2.95. The van der Waals surface area contributed by atoms with Crippen LogP contribution in [0.4, 0.5) is 17.3 Å². The number of benzene rings is 2. The van der Waals surface area contributed by atoms with Crippen molar-refractivity contribution in [3.8, 4) is 11.3 Å². The molecule has 4 aromatic rings. The standard InChI is InChI=1S/C29H31N7O/c1-22-10-11-25(19-27(22)33-29-31-14-12-26(32-29)24-9-6-13-30-20-24)36(21-35-17-15-34(2)16-18-35)28(37)23-7-4-3-5-8-23/h3-14,19-20H,15-18,21H2,1-2H3,(H,31,32,33). The van der Waals surface area contributed by atoms with E-state index in [0.717, 1.165) is 54.4 Å². The summed E-state index contributed by atoms with van der Waals surface area (Å²) in [4.78, 5) is 33.5. The van der Waals surface area contributed by atoms with E-state index < -0.39 is 0 Å². The van der Waals surface area contributed by atoms with Crippen molar-refractivity contribution in [2.75, 3.05) is 50.1 Å². The van der Waals surface area contributed by atoms with Crippen molar-refractivity contribution in [2.45, 2.75) is 6.92 Å². The number of aromatic nitrogens is 3. The van der Waals surface area contributed by atoms with Crippen molar-refractivity contribution in [1.29, 1.82) is 0 Å². The van der Waals surface area contributed by atoms with E-state index in [1.165, 1.54) is 0 Å². The van der Waals surface area contributed by atoms with E-state index in [9.17, 15) is 4.79 Å². The molecular formula is C29H31N7O. The van der Waals surface area contributed by atoms with Crippen LogP contribution < -0.4 is 10.2 Å². The summed E-state index contributed by atoms with van der Waals surface area (Å²) in [5, 5.41) is 3.36. The van der Waals surface area contributed by atoms with E-state index in [-0.39, 0.29) is 5.91 Å². The summed E-state index contributed by atoms with van der Waals surface area (Å²) in [6.45, 7) is 6.36. The van der Waals surface area contributed by atoms with E-state index in [2.05, 4.69) is 37.1 Å². The Labute approximate surface area is 217 Å². The summed E-state index contributed by atoms with van der Waals surface area (Å²) in [6, 6.07) is 21.2. The molecule has 2 aromatic heterocycles. The van der Waals surface area contributed by atoms with Gasteiger partial charge >= 0.3 is 0 Å². The molecule has 0 saturated carbocycles. The van der Waals surface area contributed by atoms with Gasteiger partial charge in [0.15, 0.2) is 0 Å². The minimum absolute atomic E-state index is 0.0239. The second-order valence-corrected chi connectivity index (χ2v) is 9.29. The number of anilines is 3. The summed E-state index contributed by atoms with van der Waals surface area (Å²) < 4.78 is 0. The normalized spacial score (nSPS) is 14.3. The average molecular weight is 494 g/mol. The lowest BCUT2D eigenvalue weighted by atomic mass is 10.1. The molecule has 188 valence electrons. The van der Waals surface area contributed by atoms with Crippen molar-refractivity contribution in [1.82, 2.24) is 24.8 Å². The third kappa shape index (κ3) is 5.99. The lowest BCUT2D eigenvalue weighted by molar-refractivity contribution is 0.0945. The van der Waals surface area contributed by atoms with Crippen LogP contribution in [0.25, 0.3) is 11.3 Å². The summed E-state index contributed by atoms with van der Waals surface area (Å²) >= 11 is 0. The summed E-state index contributed by atoms with van der Waals surface area (Å²) in [7, 11) is 2.13. The largest absolute Gasteiger partial charge is 0.324 e. The molecule has 1 saturated heterocycles. The molecule has 37 heavy (non-hydrogen) atoms. The number of aryl methyl sites for hydroxylation is 1. The number of carbonyl (C=O) groups is 1. The molecular weight excluding hydrogens is 462 g/mol. The van der Waals surface area contributed by atoms with Gasteiger partial charge in [0.05, 0.1) is 12.4 Å².